The van der Waals surface area contributed by atoms with E-state index < -0.39 is 5.60 Å². The molecule has 5 heteroatoms. The minimum atomic E-state index is -0.696. The minimum Gasteiger partial charge on any atom is -0.466 e. The number of aliphatic hydroxyl groups is 1. The van der Waals surface area contributed by atoms with Gasteiger partial charge in [0, 0.05) is 29.8 Å². The van der Waals surface area contributed by atoms with Crippen molar-refractivity contribution in [1.82, 2.24) is 0 Å². The van der Waals surface area contributed by atoms with Crippen LogP contribution < -0.4 is 0 Å². The predicted octanol–water partition coefficient (Wildman–Crippen LogP) is 6.05. The smallest absolute Gasteiger partial charge is 0.305 e. The molecule has 3 atom stereocenters. The standard InChI is InChI=1S/C27H42O4S/c1-4-31-26(29)12-8-6-5-7-11-23-24(28)17-18-25(23)32-20-27(3,30)19-9-10-22-15-13-21(2)14-16-22/h13-16,23,25,30H,4-12,17-20H2,1-3H3. The number of esters is 1. The van der Waals surface area contributed by atoms with E-state index in [0.717, 1.165) is 57.8 Å². The van der Waals surface area contributed by atoms with E-state index >= 15 is 0 Å². The lowest BCUT2D eigenvalue weighted by Gasteiger charge is -2.26. The molecule has 1 aliphatic carbocycles. The van der Waals surface area contributed by atoms with E-state index in [1.807, 2.05) is 13.8 Å². The Balaban J connectivity index is 1.65. The van der Waals surface area contributed by atoms with Crippen molar-refractivity contribution in [3.63, 3.8) is 0 Å². The Morgan fingerprint density at radius 3 is 2.59 bits per heavy atom. The van der Waals surface area contributed by atoms with Crippen LogP contribution in [0.15, 0.2) is 24.3 Å². The number of ether oxygens (including phenoxy) is 1. The molecule has 1 aromatic rings. The summed E-state index contributed by atoms with van der Waals surface area (Å²) in [7, 11) is 0. The third-order valence-electron chi connectivity index (χ3n) is 6.40. The van der Waals surface area contributed by atoms with E-state index in [4.69, 9.17) is 4.74 Å². The molecule has 32 heavy (non-hydrogen) atoms. The van der Waals surface area contributed by atoms with Crippen molar-refractivity contribution >= 4 is 23.5 Å². The average molecular weight is 463 g/mol. The number of Topliss-reactive ketones (excluding diaryl/α,β-unsaturated/α-hetero) is 1. The van der Waals surface area contributed by atoms with Crippen LogP contribution in [-0.4, -0.2) is 40.1 Å². The number of hydrogen-bond donors (Lipinski definition) is 1. The summed E-state index contributed by atoms with van der Waals surface area (Å²) in [6.07, 6.45) is 9.74. The molecule has 0 radical (unpaired) electrons. The Morgan fingerprint density at radius 2 is 1.88 bits per heavy atom. The maximum Gasteiger partial charge on any atom is 0.305 e. The molecule has 0 aromatic heterocycles. The first-order valence-electron chi connectivity index (χ1n) is 12.4. The number of hydrogen-bond acceptors (Lipinski definition) is 5. The fraction of sp³-hybridized carbons (Fsp3) is 0.704. The van der Waals surface area contributed by atoms with Gasteiger partial charge in [-0.15, -0.1) is 0 Å². The van der Waals surface area contributed by atoms with Crippen LogP contribution in [0, 0.1) is 12.8 Å². The monoisotopic (exact) mass is 462 g/mol. The van der Waals surface area contributed by atoms with E-state index in [2.05, 4.69) is 31.2 Å². The summed E-state index contributed by atoms with van der Waals surface area (Å²) in [5, 5.41) is 11.2. The average Bonchev–Trinajstić information content (AvgIpc) is 3.10. The zero-order valence-corrected chi connectivity index (χ0v) is 21.1. The predicted molar refractivity (Wildman–Crippen MR) is 133 cm³/mol. The Morgan fingerprint density at radius 1 is 1.16 bits per heavy atom. The van der Waals surface area contributed by atoms with Gasteiger partial charge in [-0.25, -0.2) is 0 Å². The Bertz CT molecular complexity index is 698. The summed E-state index contributed by atoms with van der Waals surface area (Å²) < 4.78 is 4.96. The van der Waals surface area contributed by atoms with Crippen molar-refractivity contribution in [2.75, 3.05) is 12.4 Å². The maximum absolute atomic E-state index is 12.4. The molecule has 180 valence electrons. The van der Waals surface area contributed by atoms with E-state index in [-0.39, 0.29) is 11.9 Å². The van der Waals surface area contributed by atoms with Crippen LogP contribution in [-0.2, 0) is 20.7 Å². The molecule has 1 N–H and O–H groups in total. The van der Waals surface area contributed by atoms with Crippen molar-refractivity contribution in [2.24, 2.45) is 5.92 Å². The van der Waals surface area contributed by atoms with Crippen molar-refractivity contribution in [3.8, 4) is 0 Å². The summed E-state index contributed by atoms with van der Waals surface area (Å²) in [6, 6.07) is 8.62. The van der Waals surface area contributed by atoms with Crippen LogP contribution in [0.1, 0.15) is 89.2 Å². The van der Waals surface area contributed by atoms with E-state index in [9.17, 15) is 14.7 Å². The molecule has 3 unspecified atom stereocenters. The van der Waals surface area contributed by atoms with Gasteiger partial charge in [0.25, 0.3) is 0 Å². The second-order valence-electron chi connectivity index (χ2n) is 9.55. The lowest BCUT2D eigenvalue weighted by Crippen LogP contribution is -2.29. The first-order chi connectivity index (χ1) is 15.3. The van der Waals surface area contributed by atoms with Crippen LogP contribution in [0.4, 0.5) is 0 Å². The number of unbranched alkanes of at least 4 members (excludes halogenated alkanes) is 3. The quantitative estimate of drug-likeness (QED) is 0.254. The van der Waals surface area contributed by atoms with Crippen molar-refractivity contribution in [3.05, 3.63) is 35.4 Å². The molecular weight excluding hydrogens is 420 g/mol. The van der Waals surface area contributed by atoms with Crippen LogP contribution in [0.5, 0.6) is 0 Å². The normalized spacial score (nSPS) is 20.3. The molecule has 1 fully saturated rings. The second-order valence-corrected chi connectivity index (χ2v) is 10.8. The topological polar surface area (TPSA) is 63.6 Å². The van der Waals surface area contributed by atoms with E-state index in [0.29, 0.717) is 36.2 Å². The third kappa shape index (κ3) is 10.1. The molecule has 0 saturated heterocycles. The number of aryl methyl sites for hydroxylation is 2. The number of carbonyl (C=O) groups is 2. The van der Waals surface area contributed by atoms with E-state index in [1.165, 1.54) is 11.1 Å². The van der Waals surface area contributed by atoms with E-state index in [1.54, 1.807) is 11.8 Å². The molecule has 0 aliphatic heterocycles. The molecule has 0 amide bonds. The first-order valence-corrected chi connectivity index (χ1v) is 13.4. The number of thioether (sulfide) groups is 1. The lowest BCUT2D eigenvalue weighted by molar-refractivity contribution is -0.143. The fourth-order valence-electron chi connectivity index (χ4n) is 4.43. The second kappa shape index (κ2) is 14.0. The van der Waals surface area contributed by atoms with Gasteiger partial charge in [0.15, 0.2) is 0 Å². The molecule has 2 rings (SSSR count). The van der Waals surface area contributed by atoms with Gasteiger partial charge < -0.3 is 9.84 Å². The van der Waals surface area contributed by atoms with Crippen molar-refractivity contribution < 1.29 is 19.4 Å². The molecule has 4 nitrogen and oxygen atoms in total. The summed E-state index contributed by atoms with van der Waals surface area (Å²) in [5.41, 5.74) is 1.90. The lowest BCUT2D eigenvalue weighted by atomic mass is 9.98. The van der Waals surface area contributed by atoms with Crippen molar-refractivity contribution in [1.29, 1.82) is 0 Å². The highest BCUT2D eigenvalue weighted by Crippen LogP contribution is 2.37. The fourth-order valence-corrected chi connectivity index (χ4v) is 5.95. The molecule has 1 saturated carbocycles. The van der Waals surface area contributed by atoms with Gasteiger partial charge in [-0.05, 0) is 64.9 Å². The highest BCUT2D eigenvalue weighted by Gasteiger charge is 2.35. The number of rotatable bonds is 15. The van der Waals surface area contributed by atoms with Crippen LogP contribution in [0.25, 0.3) is 0 Å². The van der Waals surface area contributed by atoms with Gasteiger partial charge in [-0.2, -0.15) is 11.8 Å². The van der Waals surface area contributed by atoms with Gasteiger partial charge in [-0.1, -0.05) is 49.1 Å². The summed E-state index contributed by atoms with van der Waals surface area (Å²) in [4.78, 5) is 23.8. The molecular formula is C27H42O4S. The molecule has 0 bridgehead atoms. The zero-order valence-electron chi connectivity index (χ0n) is 20.2. The Labute approximate surface area is 198 Å². The molecule has 1 aliphatic rings. The maximum atomic E-state index is 12.4. The van der Waals surface area contributed by atoms with Gasteiger partial charge in [0.2, 0.25) is 0 Å². The van der Waals surface area contributed by atoms with Crippen LogP contribution >= 0.6 is 11.8 Å². The van der Waals surface area contributed by atoms with Crippen LogP contribution in [0.3, 0.4) is 0 Å². The molecule has 0 heterocycles. The van der Waals surface area contributed by atoms with Gasteiger partial charge in [0.1, 0.15) is 5.78 Å². The summed E-state index contributed by atoms with van der Waals surface area (Å²) in [5.74, 6) is 1.11. The van der Waals surface area contributed by atoms with Gasteiger partial charge >= 0.3 is 5.97 Å². The highest BCUT2D eigenvalue weighted by atomic mass is 32.2. The van der Waals surface area contributed by atoms with Gasteiger partial charge in [0.05, 0.1) is 12.2 Å². The zero-order chi connectivity index (χ0) is 23.4. The molecule has 0 spiro atoms. The highest BCUT2D eigenvalue weighted by molar-refractivity contribution is 8.00. The summed E-state index contributed by atoms with van der Waals surface area (Å²) >= 11 is 1.80. The van der Waals surface area contributed by atoms with Crippen LogP contribution in [0.2, 0.25) is 0 Å². The first kappa shape index (κ1) is 26.9. The van der Waals surface area contributed by atoms with Gasteiger partial charge in [-0.3, -0.25) is 9.59 Å². The largest absolute Gasteiger partial charge is 0.466 e. The summed E-state index contributed by atoms with van der Waals surface area (Å²) in [6.45, 7) is 6.31. The minimum absolute atomic E-state index is 0.110. The Hall–Kier alpha value is -1.33. The molecule has 1 aromatic carbocycles. The Kier molecular flexibility index (Phi) is 11.8. The third-order valence-corrected chi connectivity index (χ3v) is 8.18. The number of carbonyl (C=O) groups excluding carboxylic acids is 2. The SMILES string of the molecule is CCOC(=O)CCCCCCC1C(=O)CCC1SCC(C)(O)CCCc1ccc(C)cc1. The number of ketones is 1. The van der Waals surface area contributed by atoms with Crippen molar-refractivity contribution in [2.45, 2.75) is 102 Å². The number of benzene rings is 1.